The van der Waals surface area contributed by atoms with Crippen LogP contribution in [0, 0.1) is 0 Å². The number of rotatable bonds is 6. The lowest BCUT2D eigenvalue weighted by Gasteiger charge is -2.29. The second-order valence-electron chi connectivity index (χ2n) is 3.71. The molecule has 0 bridgehead atoms. The lowest BCUT2D eigenvalue weighted by Crippen LogP contribution is -2.33. The lowest BCUT2D eigenvalue weighted by atomic mass is 10.0. The van der Waals surface area contributed by atoms with Crippen LogP contribution in [0.1, 0.15) is 26.7 Å². The summed E-state index contributed by atoms with van der Waals surface area (Å²) in [6.45, 7) is 5.11. The third-order valence-electron chi connectivity index (χ3n) is 3.01. The Labute approximate surface area is 100 Å². The van der Waals surface area contributed by atoms with E-state index in [9.17, 15) is 4.79 Å². The van der Waals surface area contributed by atoms with Gasteiger partial charge in [-0.15, -0.1) is 0 Å². The van der Waals surface area contributed by atoms with Crippen molar-refractivity contribution in [3.8, 4) is 0 Å². The molecule has 16 heavy (non-hydrogen) atoms. The van der Waals surface area contributed by atoms with Crippen molar-refractivity contribution in [3.63, 3.8) is 0 Å². The summed E-state index contributed by atoms with van der Waals surface area (Å²) in [6, 6.07) is 0. The molecule has 0 atom stereocenters. The van der Waals surface area contributed by atoms with Gasteiger partial charge in [0.2, 0.25) is 0 Å². The summed E-state index contributed by atoms with van der Waals surface area (Å²) in [4.78, 5) is 18.0. The molecule has 0 amide bonds. The van der Waals surface area contributed by atoms with Crippen molar-refractivity contribution in [2.75, 3.05) is 18.1 Å². The van der Waals surface area contributed by atoms with E-state index in [0.29, 0.717) is 5.82 Å². The summed E-state index contributed by atoms with van der Waals surface area (Å²) < 4.78 is 0.184. The summed E-state index contributed by atoms with van der Waals surface area (Å²) in [5, 5.41) is 3.13. The van der Waals surface area contributed by atoms with E-state index in [2.05, 4.69) is 35.4 Å². The van der Waals surface area contributed by atoms with Crippen molar-refractivity contribution >= 4 is 17.6 Å². The lowest BCUT2D eigenvalue weighted by molar-refractivity contribution is 0.573. The molecule has 5 heteroatoms. The first kappa shape index (κ1) is 13.1. The average molecular weight is 241 g/mol. The molecule has 1 aromatic heterocycles. The number of nitrogens with one attached hydrogen (secondary N) is 2. The minimum atomic E-state index is -0.162. The maximum absolute atomic E-state index is 11.4. The third kappa shape index (κ3) is 3.01. The van der Waals surface area contributed by atoms with Crippen LogP contribution in [0.25, 0.3) is 0 Å². The van der Waals surface area contributed by atoms with Crippen molar-refractivity contribution in [2.24, 2.45) is 0 Å². The van der Waals surface area contributed by atoms with Crippen LogP contribution in [0.3, 0.4) is 0 Å². The number of aromatic nitrogens is 2. The highest BCUT2D eigenvalue weighted by atomic mass is 32.2. The molecule has 0 spiro atoms. The quantitative estimate of drug-likeness (QED) is 0.801. The highest BCUT2D eigenvalue weighted by Crippen LogP contribution is 2.30. The van der Waals surface area contributed by atoms with Crippen LogP contribution in [0.2, 0.25) is 0 Å². The van der Waals surface area contributed by atoms with E-state index in [1.54, 1.807) is 6.20 Å². The first-order chi connectivity index (χ1) is 7.67. The van der Waals surface area contributed by atoms with E-state index >= 15 is 0 Å². The van der Waals surface area contributed by atoms with Crippen molar-refractivity contribution in [2.45, 2.75) is 31.4 Å². The predicted octanol–water partition coefficient (Wildman–Crippen LogP) is 2.10. The zero-order valence-electron chi connectivity index (χ0n) is 10.0. The average Bonchev–Trinajstić information content (AvgIpc) is 2.34. The standard InChI is InChI=1S/C11H19N3OS/c1-4-11(5-2,16-3)8-14-9-10(15)13-7-6-12-9/h6-7H,4-5,8H2,1-3H3,(H,12,14)(H,13,15). The topological polar surface area (TPSA) is 57.8 Å². The fraction of sp³-hybridized carbons (Fsp3) is 0.636. The number of anilines is 1. The number of thioether (sulfide) groups is 1. The second kappa shape index (κ2) is 5.94. The van der Waals surface area contributed by atoms with Crippen LogP contribution in [0.15, 0.2) is 17.2 Å². The van der Waals surface area contributed by atoms with Gasteiger partial charge in [-0.05, 0) is 19.1 Å². The van der Waals surface area contributed by atoms with Crippen molar-refractivity contribution < 1.29 is 0 Å². The Balaban J connectivity index is 2.70. The Morgan fingerprint density at radius 3 is 2.69 bits per heavy atom. The Morgan fingerprint density at radius 2 is 2.19 bits per heavy atom. The van der Waals surface area contributed by atoms with Gasteiger partial charge in [0, 0.05) is 23.7 Å². The molecule has 4 nitrogen and oxygen atoms in total. The molecule has 0 aliphatic rings. The van der Waals surface area contributed by atoms with Gasteiger partial charge in [0.1, 0.15) is 0 Å². The first-order valence-electron chi connectivity index (χ1n) is 5.50. The normalized spacial score (nSPS) is 11.4. The molecule has 1 aromatic rings. The van der Waals surface area contributed by atoms with Gasteiger partial charge in [0.15, 0.2) is 5.82 Å². The molecule has 0 aliphatic heterocycles. The van der Waals surface area contributed by atoms with Gasteiger partial charge in [-0.1, -0.05) is 13.8 Å². The predicted molar refractivity (Wildman–Crippen MR) is 70.2 cm³/mol. The number of hydrogen-bond donors (Lipinski definition) is 2. The fourth-order valence-electron chi connectivity index (χ4n) is 1.58. The second-order valence-corrected chi connectivity index (χ2v) is 4.99. The molecule has 0 aliphatic carbocycles. The molecule has 0 radical (unpaired) electrons. The van der Waals surface area contributed by atoms with Crippen molar-refractivity contribution in [1.82, 2.24) is 9.97 Å². The van der Waals surface area contributed by atoms with Crippen molar-refractivity contribution in [1.29, 1.82) is 0 Å². The zero-order valence-corrected chi connectivity index (χ0v) is 10.9. The van der Waals surface area contributed by atoms with Crippen molar-refractivity contribution in [3.05, 3.63) is 22.7 Å². The summed E-state index contributed by atoms with van der Waals surface area (Å²) in [5.74, 6) is 0.405. The minimum absolute atomic E-state index is 0.162. The van der Waals surface area contributed by atoms with Crippen LogP contribution in [0.5, 0.6) is 0 Å². The Bertz CT molecular complexity index is 365. The van der Waals surface area contributed by atoms with Gasteiger partial charge in [-0.3, -0.25) is 4.79 Å². The molecule has 0 aromatic carbocycles. The molecule has 0 unspecified atom stereocenters. The molecule has 90 valence electrons. The van der Waals surface area contributed by atoms with E-state index in [1.807, 2.05) is 11.8 Å². The van der Waals surface area contributed by atoms with Gasteiger partial charge in [-0.2, -0.15) is 11.8 Å². The molecule has 0 saturated carbocycles. The summed E-state index contributed by atoms with van der Waals surface area (Å²) in [5.41, 5.74) is -0.162. The van der Waals surface area contributed by atoms with Gasteiger partial charge < -0.3 is 10.3 Å². The van der Waals surface area contributed by atoms with Crippen LogP contribution < -0.4 is 10.9 Å². The van der Waals surface area contributed by atoms with Gasteiger partial charge in [0.05, 0.1) is 0 Å². The number of nitrogens with zero attached hydrogens (tertiary/aromatic N) is 1. The highest BCUT2D eigenvalue weighted by molar-refractivity contribution is 8.00. The Morgan fingerprint density at radius 1 is 1.50 bits per heavy atom. The van der Waals surface area contributed by atoms with Gasteiger partial charge in [-0.25, -0.2) is 4.98 Å². The number of H-pyrrole nitrogens is 1. The molecule has 1 rings (SSSR count). The molecule has 1 heterocycles. The summed E-state index contributed by atoms with van der Waals surface area (Å²) in [6.07, 6.45) is 7.37. The van der Waals surface area contributed by atoms with E-state index in [0.717, 1.165) is 19.4 Å². The van der Waals surface area contributed by atoms with Crippen LogP contribution in [-0.4, -0.2) is 27.5 Å². The van der Waals surface area contributed by atoms with E-state index < -0.39 is 0 Å². The SMILES string of the molecule is CCC(CC)(CNc1ncc[nH]c1=O)SC. The third-order valence-corrected chi connectivity index (χ3v) is 4.60. The summed E-state index contributed by atoms with van der Waals surface area (Å²) in [7, 11) is 0. The van der Waals surface area contributed by atoms with Crippen LogP contribution >= 0.6 is 11.8 Å². The molecule has 0 fully saturated rings. The fourth-order valence-corrected chi connectivity index (χ4v) is 2.38. The molecular weight excluding hydrogens is 222 g/mol. The zero-order chi connectivity index (χ0) is 12.0. The molecule has 0 saturated heterocycles. The Hall–Kier alpha value is -0.970. The van der Waals surface area contributed by atoms with E-state index in [-0.39, 0.29) is 10.3 Å². The molecule has 2 N–H and O–H groups in total. The highest BCUT2D eigenvalue weighted by Gasteiger charge is 2.24. The van der Waals surface area contributed by atoms with E-state index in [1.165, 1.54) is 6.20 Å². The van der Waals surface area contributed by atoms with E-state index in [4.69, 9.17) is 0 Å². The largest absolute Gasteiger partial charge is 0.364 e. The van der Waals surface area contributed by atoms with Crippen LogP contribution in [0.4, 0.5) is 5.82 Å². The van der Waals surface area contributed by atoms with Gasteiger partial charge in [0.25, 0.3) is 5.56 Å². The maximum atomic E-state index is 11.4. The van der Waals surface area contributed by atoms with Gasteiger partial charge >= 0.3 is 0 Å². The molecular formula is C11H19N3OS. The smallest absolute Gasteiger partial charge is 0.290 e. The first-order valence-corrected chi connectivity index (χ1v) is 6.72. The minimum Gasteiger partial charge on any atom is -0.364 e. The number of aromatic amines is 1. The number of hydrogen-bond acceptors (Lipinski definition) is 4. The summed E-state index contributed by atoms with van der Waals surface area (Å²) >= 11 is 1.84. The maximum Gasteiger partial charge on any atom is 0.290 e. The monoisotopic (exact) mass is 241 g/mol. The Kier molecular flexibility index (Phi) is 4.86. The van der Waals surface area contributed by atoms with Crippen LogP contribution in [-0.2, 0) is 0 Å².